The highest BCUT2D eigenvalue weighted by atomic mass is 16.5. The van der Waals surface area contributed by atoms with Crippen molar-refractivity contribution in [3.05, 3.63) is 191 Å². The van der Waals surface area contributed by atoms with Crippen LogP contribution in [0.1, 0.15) is 108 Å². The lowest BCUT2D eigenvalue weighted by atomic mass is 9.87. The predicted molar refractivity (Wildman–Crippen MR) is 299 cm³/mol. The molecule has 0 saturated heterocycles. The lowest BCUT2D eigenvalue weighted by molar-refractivity contribution is -0.118. The Kier molecular flexibility index (Phi) is 21.1. The Morgan fingerprint density at radius 2 is 1.13 bits per heavy atom. The molecule has 0 radical (unpaired) electrons. The third kappa shape index (κ3) is 15.0. The summed E-state index contributed by atoms with van der Waals surface area (Å²) in [5.74, 6) is 2.93. The van der Waals surface area contributed by atoms with E-state index in [2.05, 4.69) is 103 Å². The largest absolute Gasteiger partial charge is 0.488 e. The van der Waals surface area contributed by atoms with E-state index < -0.39 is 6.04 Å². The Hall–Kier alpha value is -9.20. The van der Waals surface area contributed by atoms with E-state index in [1.807, 2.05) is 67.8 Å². The second-order valence-electron chi connectivity index (χ2n) is 17.9. The van der Waals surface area contributed by atoms with Gasteiger partial charge in [0.2, 0.25) is 6.41 Å². The molecule has 77 heavy (non-hydrogen) atoms. The number of benzene rings is 4. The van der Waals surface area contributed by atoms with E-state index in [1.54, 1.807) is 59.6 Å². The number of aromatic nitrogens is 6. The second-order valence-corrected chi connectivity index (χ2v) is 17.9. The molecule has 396 valence electrons. The molecular formula is C61H66N10O6. The number of carbonyl (C=O) groups excluding carboxylic acids is 4. The molecule has 0 bridgehead atoms. The maximum absolute atomic E-state index is 11.9. The minimum atomic E-state index is -0.652. The lowest BCUT2D eigenvalue weighted by Crippen LogP contribution is -2.30. The number of imidazole rings is 2. The van der Waals surface area contributed by atoms with E-state index >= 15 is 0 Å². The number of rotatable bonds is 18. The fourth-order valence-electron chi connectivity index (χ4n) is 8.70. The molecule has 4 aromatic heterocycles. The molecule has 2 aliphatic rings. The van der Waals surface area contributed by atoms with Crippen LogP contribution in [0.2, 0.25) is 0 Å². The van der Waals surface area contributed by atoms with Gasteiger partial charge in [-0.2, -0.15) is 0 Å². The van der Waals surface area contributed by atoms with Gasteiger partial charge in [0.1, 0.15) is 60.1 Å². The van der Waals surface area contributed by atoms with E-state index in [9.17, 15) is 19.2 Å². The van der Waals surface area contributed by atoms with Crippen molar-refractivity contribution in [3.63, 3.8) is 0 Å². The van der Waals surface area contributed by atoms with Crippen LogP contribution in [0.4, 0.5) is 0 Å². The Balaban J connectivity index is 0.000000210. The van der Waals surface area contributed by atoms with Crippen LogP contribution >= 0.6 is 0 Å². The first kappa shape index (κ1) is 57.1. The van der Waals surface area contributed by atoms with Crippen molar-refractivity contribution in [1.82, 2.24) is 50.3 Å². The summed E-state index contributed by atoms with van der Waals surface area (Å²) in [6, 6.07) is 37.1. The van der Waals surface area contributed by atoms with Crippen LogP contribution in [0, 0.1) is 12.8 Å². The molecule has 0 aliphatic carbocycles. The Labute approximate surface area is 450 Å². The van der Waals surface area contributed by atoms with Gasteiger partial charge in [-0.15, -0.1) is 12.8 Å². The zero-order valence-electron chi connectivity index (χ0n) is 43.1. The van der Waals surface area contributed by atoms with Crippen molar-refractivity contribution < 1.29 is 28.7 Å². The number of amides is 3. The Bertz CT molecular complexity index is 3130. The summed E-state index contributed by atoms with van der Waals surface area (Å²) < 4.78 is 12.6. The molecule has 0 spiro atoms. The van der Waals surface area contributed by atoms with Gasteiger partial charge in [0, 0.05) is 52.3 Å². The number of H-pyrrole nitrogens is 2. The summed E-state index contributed by atoms with van der Waals surface area (Å²) in [6.45, 7) is 10.1. The van der Waals surface area contributed by atoms with Crippen LogP contribution in [-0.2, 0) is 35.9 Å². The summed E-state index contributed by atoms with van der Waals surface area (Å²) in [7, 11) is 2.11. The number of nitrogens with one attached hydrogen (secondary N) is 4. The summed E-state index contributed by atoms with van der Waals surface area (Å²) in [5.41, 5.74) is 10.9. The van der Waals surface area contributed by atoms with Crippen LogP contribution in [-0.4, -0.2) is 84.4 Å². The molecule has 10 rings (SSSR count). The van der Waals surface area contributed by atoms with Gasteiger partial charge in [0.25, 0.3) is 11.8 Å². The maximum atomic E-state index is 11.9. The standard InChI is InChI=1S/C30H34N6O3.C14H12N2O2.C14H14N2O.C2H2.CH4/c1-4-6-35(3)14-27-31-12-23(33-27)19-8-21-16-39-26-11-20(9-22-17-38-25(10-19)29(21)30(22)26)24-13-32-28(34-24)15-36(18-37)7-5-2;17-10-13(11-6-2-1-3-7-11)16-14(18)12-8-4-5-9-15-12;1-11(12-7-3-2-4-8-12)16-14(17)13-9-5-6-10-15-13;1-2;/h8-13,18H,4-7,14-17H2,1-3H3,(H,31,33)(H,32,34);1-10,13H,(H,16,18);2-11H,1H3,(H,16,17);1-2H;1H4/t;13-;11-;;/m.00../s1. The smallest absolute Gasteiger partial charge is 0.270 e. The molecule has 8 aromatic rings. The van der Waals surface area contributed by atoms with Crippen molar-refractivity contribution in [2.45, 2.75) is 79.4 Å². The highest BCUT2D eigenvalue weighted by Gasteiger charge is 2.30. The zero-order chi connectivity index (χ0) is 53.8. The molecule has 3 amide bonds. The topological polar surface area (TPSA) is 200 Å². The highest BCUT2D eigenvalue weighted by Crippen LogP contribution is 2.50. The summed E-state index contributed by atoms with van der Waals surface area (Å²) >= 11 is 0. The molecule has 4 aromatic carbocycles. The number of carbonyl (C=O) groups is 4. The predicted octanol–water partition coefficient (Wildman–Crippen LogP) is 10.3. The molecular weight excluding hydrogens is 969 g/mol. The molecule has 2 atom stereocenters. The normalized spacial score (nSPS) is 12.0. The monoisotopic (exact) mass is 1030 g/mol. The summed E-state index contributed by atoms with van der Waals surface area (Å²) in [4.78, 5) is 74.0. The van der Waals surface area contributed by atoms with Crippen molar-refractivity contribution in [3.8, 4) is 58.0 Å². The first-order valence-electron chi connectivity index (χ1n) is 25.0. The van der Waals surface area contributed by atoms with Crippen molar-refractivity contribution in [2.75, 3.05) is 20.1 Å². The van der Waals surface area contributed by atoms with Gasteiger partial charge < -0.3 is 39.8 Å². The van der Waals surface area contributed by atoms with Crippen LogP contribution in [0.15, 0.2) is 146 Å². The number of ether oxygens (including phenoxy) is 2. The second kappa shape index (κ2) is 28.5. The van der Waals surface area contributed by atoms with E-state index in [-0.39, 0.29) is 25.3 Å². The lowest BCUT2D eigenvalue weighted by Gasteiger charge is -2.30. The van der Waals surface area contributed by atoms with E-state index in [0.717, 1.165) is 111 Å². The van der Waals surface area contributed by atoms with Gasteiger partial charge in [0.05, 0.1) is 42.9 Å². The maximum Gasteiger partial charge on any atom is 0.270 e. The van der Waals surface area contributed by atoms with Crippen LogP contribution in [0.25, 0.3) is 33.6 Å². The number of hydrogen-bond acceptors (Lipinski definition) is 11. The van der Waals surface area contributed by atoms with E-state index in [1.165, 1.54) is 6.20 Å². The van der Waals surface area contributed by atoms with Crippen molar-refractivity contribution in [2.24, 2.45) is 0 Å². The molecule has 16 heteroatoms. The molecule has 16 nitrogen and oxygen atoms in total. The summed E-state index contributed by atoms with van der Waals surface area (Å²) in [6.07, 6.45) is 18.5. The third-order valence-corrected chi connectivity index (χ3v) is 12.3. The fourth-order valence-corrected chi connectivity index (χ4v) is 8.70. The number of aromatic amines is 2. The zero-order valence-corrected chi connectivity index (χ0v) is 43.1. The van der Waals surface area contributed by atoms with Gasteiger partial charge in [-0.3, -0.25) is 29.3 Å². The number of hydrogen-bond donors (Lipinski definition) is 4. The third-order valence-electron chi connectivity index (χ3n) is 12.3. The first-order chi connectivity index (χ1) is 37.1. The Morgan fingerprint density at radius 3 is 1.60 bits per heavy atom. The van der Waals surface area contributed by atoms with E-state index in [0.29, 0.717) is 44.0 Å². The van der Waals surface area contributed by atoms with Gasteiger partial charge in [-0.05, 0) is 93.0 Å². The Morgan fingerprint density at radius 1 is 0.649 bits per heavy atom. The minimum Gasteiger partial charge on any atom is -0.488 e. The highest BCUT2D eigenvalue weighted by molar-refractivity contribution is 5.94. The first-order valence-corrected chi connectivity index (χ1v) is 25.0. The molecule has 2 aliphatic heterocycles. The average Bonchev–Trinajstić information content (AvgIpc) is 4.16. The van der Waals surface area contributed by atoms with Gasteiger partial charge >= 0.3 is 0 Å². The van der Waals surface area contributed by atoms with Gasteiger partial charge in [-0.25, -0.2) is 9.97 Å². The number of nitrogens with zero attached hydrogens (tertiary/aromatic N) is 6. The summed E-state index contributed by atoms with van der Waals surface area (Å²) in [5, 5.41) is 5.54. The van der Waals surface area contributed by atoms with Crippen molar-refractivity contribution in [1.29, 1.82) is 0 Å². The van der Waals surface area contributed by atoms with Crippen molar-refractivity contribution >= 4 is 24.5 Å². The minimum absolute atomic E-state index is 0. The van der Waals surface area contributed by atoms with Gasteiger partial charge in [0.15, 0.2) is 0 Å². The van der Waals surface area contributed by atoms with Crippen LogP contribution in [0.5, 0.6) is 11.5 Å². The SMILES string of the molecule is C.C#C.CCCN(C)Cc1ncc(-c2cc3c4c(c2)OCc2cc(-c5cnc(CN(C=O)CCC)[nH]5)cc(c2-4)OC3)[nH]1.C[C@H](NC(=O)c1ccccn1)c1ccccc1.O=C[C@H](NC(=O)c1ccccn1)c1ccccc1. The molecule has 0 unspecified atom stereocenters. The van der Waals surface area contributed by atoms with Crippen LogP contribution < -0.4 is 20.1 Å². The molecule has 0 saturated carbocycles. The molecule has 4 N–H and O–H groups in total. The van der Waals surface area contributed by atoms with Gasteiger partial charge in [-0.1, -0.05) is 94.1 Å². The van der Waals surface area contributed by atoms with Crippen LogP contribution in [0.3, 0.4) is 0 Å². The molecule has 6 heterocycles. The quantitative estimate of drug-likeness (QED) is 0.0471. The fraction of sp³-hybridized carbons (Fsp3) is 0.246. The number of terminal acetylenes is 1. The number of pyridine rings is 2. The number of aldehydes is 1. The average molecular weight is 1040 g/mol. The molecule has 0 fully saturated rings. The van der Waals surface area contributed by atoms with E-state index in [4.69, 9.17) is 9.47 Å².